The second-order valence-corrected chi connectivity index (χ2v) is 5.56. The fourth-order valence-electron chi connectivity index (χ4n) is 1.62. The van der Waals surface area contributed by atoms with Crippen molar-refractivity contribution >= 4 is 46.1 Å². The molecule has 0 aliphatic rings. The zero-order valence-electron chi connectivity index (χ0n) is 14.3. The molecule has 0 saturated heterocycles. The lowest BCUT2D eigenvalue weighted by Gasteiger charge is -2.07. The maximum Gasteiger partial charge on any atom is 0.186 e. The Morgan fingerprint density at radius 1 is 0.917 bits per heavy atom. The highest BCUT2D eigenvalue weighted by Crippen LogP contribution is 2.02. The smallest absolute Gasteiger partial charge is 0.186 e. The highest BCUT2D eigenvalue weighted by molar-refractivity contribution is 7.80. The van der Waals surface area contributed by atoms with Crippen molar-refractivity contribution in [3.8, 4) is 0 Å². The van der Waals surface area contributed by atoms with Crippen molar-refractivity contribution in [1.82, 2.24) is 26.5 Å². The molecular formula is C15H23N7S2. The summed E-state index contributed by atoms with van der Waals surface area (Å²) in [6.45, 7) is 9.13. The van der Waals surface area contributed by atoms with Gasteiger partial charge in [-0.2, -0.15) is 10.2 Å². The van der Waals surface area contributed by atoms with Crippen molar-refractivity contribution in [2.24, 2.45) is 10.2 Å². The van der Waals surface area contributed by atoms with Crippen LogP contribution in [0.4, 0.5) is 0 Å². The molecule has 0 aliphatic carbocycles. The fourth-order valence-corrected chi connectivity index (χ4v) is 2.00. The maximum absolute atomic E-state index is 5.07. The zero-order valence-corrected chi connectivity index (χ0v) is 15.9. The van der Waals surface area contributed by atoms with E-state index in [1.807, 2.05) is 45.9 Å². The number of hydrogen-bond donors (Lipinski definition) is 4. The van der Waals surface area contributed by atoms with Crippen LogP contribution in [0, 0.1) is 0 Å². The summed E-state index contributed by atoms with van der Waals surface area (Å²) in [4.78, 5) is 4.55. The Kier molecular flexibility index (Phi) is 8.80. The molecule has 1 rings (SSSR count). The SMILES string of the molecule is CCNC(=S)N/N=C(\C)c1cccc(/C(C)=N/NC(=S)NCC)n1. The lowest BCUT2D eigenvalue weighted by atomic mass is 10.2. The van der Waals surface area contributed by atoms with Gasteiger partial charge in [0, 0.05) is 13.1 Å². The van der Waals surface area contributed by atoms with Gasteiger partial charge in [0.15, 0.2) is 10.2 Å². The largest absolute Gasteiger partial charge is 0.362 e. The lowest BCUT2D eigenvalue weighted by molar-refractivity contribution is 0.898. The lowest BCUT2D eigenvalue weighted by Crippen LogP contribution is -2.32. The number of nitrogens with zero attached hydrogens (tertiary/aromatic N) is 3. The van der Waals surface area contributed by atoms with Gasteiger partial charge in [-0.3, -0.25) is 10.9 Å². The van der Waals surface area contributed by atoms with Gasteiger partial charge in [0.25, 0.3) is 0 Å². The summed E-state index contributed by atoms with van der Waals surface area (Å²) in [5.74, 6) is 0. The highest BCUT2D eigenvalue weighted by Gasteiger charge is 2.05. The normalized spacial score (nSPS) is 11.7. The van der Waals surface area contributed by atoms with Gasteiger partial charge in [-0.1, -0.05) is 6.07 Å². The predicted octanol–water partition coefficient (Wildman–Crippen LogP) is 1.50. The number of hydrazone groups is 2. The molecule has 0 spiro atoms. The number of rotatable bonds is 6. The van der Waals surface area contributed by atoms with Gasteiger partial charge >= 0.3 is 0 Å². The molecule has 9 heteroatoms. The van der Waals surface area contributed by atoms with E-state index in [0.29, 0.717) is 10.2 Å². The second kappa shape index (κ2) is 10.6. The zero-order chi connectivity index (χ0) is 17.9. The van der Waals surface area contributed by atoms with Crippen molar-refractivity contribution in [3.63, 3.8) is 0 Å². The molecule has 1 heterocycles. The van der Waals surface area contributed by atoms with Gasteiger partial charge in [-0.05, 0) is 64.3 Å². The van der Waals surface area contributed by atoms with E-state index in [1.54, 1.807) is 0 Å². The number of pyridine rings is 1. The third kappa shape index (κ3) is 6.97. The second-order valence-electron chi connectivity index (χ2n) is 4.75. The molecule has 7 nitrogen and oxygen atoms in total. The number of nitrogens with one attached hydrogen (secondary N) is 4. The monoisotopic (exact) mass is 365 g/mol. The van der Waals surface area contributed by atoms with Gasteiger partial charge in [0.05, 0.1) is 22.8 Å². The predicted molar refractivity (Wildman–Crippen MR) is 107 cm³/mol. The van der Waals surface area contributed by atoms with Gasteiger partial charge in [0.2, 0.25) is 0 Å². The van der Waals surface area contributed by atoms with Crippen molar-refractivity contribution in [3.05, 3.63) is 29.6 Å². The Hall–Kier alpha value is -2.13. The van der Waals surface area contributed by atoms with Crippen LogP contribution in [-0.2, 0) is 0 Å². The van der Waals surface area contributed by atoms with E-state index in [4.69, 9.17) is 24.4 Å². The van der Waals surface area contributed by atoms with Crippen LogP contribution < -0.4 is 21.5 Å². The Balaban J connectivity index is 2.81. The quantitative estimate of drug-likeness (QED) is 0.345. The summed E-state index contributed by atoms with van der Waals surface area (Å²) >= 11 is 10.1. The first kappa shape index (κ1) is 19.9. The molecular weight excluding hydrogens is 342 g/mol. The fraction of sp³-hybridized carbons (Fsp3) is 0.400. The van der Waals surface area contributed by atoms with Crippen LogP contribution in [0.1, 0.15) is 39.1 Å². The van der Waals surface area contributed by atoms with Gasteiger partial charge in [0.1, 0.15) is 0 Å². The molecule has 0 aromatic carbocycles. The molecule has 0 bridgehead atoms. The third-order valence-corrected chi connectivity index (χ3v) is 3.29. The van der Waals surface area contributed by atoms with E-state index < -0.39 is 0 Å². The molecule has 0 saturated carbocycles. The molecule has 0 amide bonds. The van der Waals surface area contributed by atoms with E-state index >= 15 is 0 Å². The van der Waals surface area contributed by atoms with Gasteiger partial charge < -0.3 is 10.6 Å². The Morgan fingerprint density at radius 2 is 1.33 bits per heavy atom. The molecule has 24 heavy (non-hydrogen) atoms. The first-order valence-electron chi connectivity index (χ1n) is 7.62. The molecule has 130 valence electrons. The van der Waals surface area contributed by atoms with E-state index in [9.17, 15) is 0 Å². The number of thiocarbonyl (C=S) groups is 2. The van der Waals surface area contributed by atoms with Crippen molar-refractivity contribution in [2.45, 2.75) is 27.7 Å². The molecule has 1 aromatic heterocycles. The highest BCUT2D eigenvalue weighted by atomic mass is 32.1. The summed E-state index contributed by atoms with van der Waals surface area (Å²) in [5, 5.41) is 15.3. The Labute approximate surface area is 153 Å². The van der Waals surface area contributed by atoms with Crippen LogP contribution >= 0.6 is 24.4 Å². The summed E-state index contributed by atoms with van der Waals surface area (Å²) in [5.41, 5.74) is 8.49. The first-order valence-corrected chi connectivity index (χ1v) is 8.43. The standard InChI is InChI=1S/C15H23N7S2/c1-5-16-14(23)21-19-10(3)12-8-7-9-13(18-12)11(4)20-22-15(24)17-6-2/h7-9H,5-6H2,1-4H3,(H2,16,21,23)(H2,17,22,24)/b19-10+,20-11+. The van der Waals surface area contributed by atoms with E-state index in [1.165, 1.54) is 0 Å². The molecule has 1 aromatic rings. The van der Waals surface area contributed by atoms with E-state index in [2.05, 4.69) is 36.7 Å². The summed E-state index contributed by atoms with van der Waals surface area (Å²) < 4.78 is 0. The molecule has 0 radical (unpaired) electrons. The topological polar surface area (TPSA) is 85.7 Å². The average molecular weight is 366 g/mol. The van der Waals surface area contributed by atoms with E-state index in [0.717, 1.165) is 35.9 Å². The van der Waals surface area contributed by atoms with Crippen LogP contribution in [0.15, 0.2) is 28.4 Å². The maximum atomic E-state index is 5.07. The van der Waals surface area contributed by atoms with Gasteiger partial charge in [-0.15, -0.1) is 0 Å². The molecule has 0 unspecified atom stereocenters. The minimum Gasteiger partial charge on any atom is -0.362 e. The summed E-state index contributed by atoms with van der Waals surface area (Å²) in [6, 6.07) is 5.66. The summed E-state index contributed by atoms with van der Waals surface area (Å²) in [7, 11) is 0. The van der Waals surface area contributed by atoms with Crippen LogP contribution in [0.2, 0.25) is 0 Å². The first-order chi connectivity index (χ1) is 11.5. The third-order valence-electron chi connectivity index (χ3n) is 2.82. The molecule has 0 fully saturated rings. The minimum atomic E-state index is 0.479. The van der Waals surface area contributed by atoms with Crippen molar-refractivity contribution in [2.75, 3.05) is 13.1 Å². The number of aromatic nitrogens is 1. The number of hydrogen-bond acceptors (Lipinski definition) is 5. The average Bonchev–Trinajstić information content (AvgIpc) is 2.58. The van der Waals surface area contributed by atoms with Crippen LogP contribution in [0.25, 0.3) is 0 Å². The minimum absolute atomic E-state index is 0.479. The van der Waals surface area contributed by atoms with E-state index in [-0.39, 0.29) is 0 Å². The van der Waals surface area contributed by atoms with Crippen molar-refractivity contribution < 1.29 is 0 Å². The molecule has 0 atom stereocenters. The molecule has 0 aliphatic heterocycles. The Bertz CT molecular complexity index is 589. The van der Waals surface area contributed by atoms with Crippen molar-refractivity contribution in [1.29, 1.82) is 0 Å². The molecule has 4 N–H and O–H groups in total. The summed E-state index contributed by atoms with van der Waals surface area (Å²) in [6.07, 6.45) is 0. The van der Waals surface area contributed by atoms with Crippen LogP contribution in [-0.4, -0.2) is 39.7 Å². The Morgan fingerprint density at radius 3 is 1.71 bits per heavy atom. The van der Waals surface area contributed by atoms with Gasteiger partial charge in [-0.25, -0.2) is 4.98 Å². The van der Waals surface area contributed by atoms with Crippen LogP contribution in [0.5, 0.6) is 0 Å². The van der Waals surface area contributed by atoms with Crippen LogP contribution in [0.3, 0.4) is 0 Å².